The molecule has 0 bridgehead atoms. The Kier molecular flexibility index (Phi) is 5.55. The maximum absolute atomic E-state index is 12.5. The van der Waals surface area contributed by atoms with E-state index in [0.29, 0.717) is 35.4 Å². The number of rotatable bonds is 5. The lowest BCUT2D eigenvalue weighted by atomic mass is 10.2. The smallest absolute Gasteiger partial charge is 0.272 e. The van der Waals surface area contributed by atoms with E-state index in [9.17, 15) is 4.79 Å². The molecule has 0 saturated carbocycles. The van der Waals surface area contributed by atoms with Crippen LogP contribution in [-0.2, 0) is 0 Å². The zero-order chi connectivity index (χ0) is 17.0. The summed E-state index contributed by atoms with van der Waals surface area (Å²) in [5, 5.41) is 3.86. The number of carbonyl (C=O) groups excluding carboxylic acids is 1. The molecule has 0 unspecified atom stereocenters. The molecule has 6 heteroatoms. The predicted octanol–water partition coefficient (Wildman–Crippen LogP) is 3.97. The first-order chi connectivity index (χ1) is 10.9. The quantitative estimate of drug-likeness (QED) is 0.900. The van der Waals surface area contributed by atoms with Gasteiger partial charge in [-0.1, -0.05) is 17.7 Å². The molecule has 1 aromatic heterocycles. The van der Waals surface area contributed by atoms with Gasteiger partial charge in [-0.2, -0.15) is 0 Å². The molecule has 0 aliphatic carbocycles. The highest BCUT2D eigenvalue weighted by Gasteiger charge is 2.16. The van der Waals surface area contributed by atoms with Crippen LogP contribution in [-0.4, -0.2) is 33.9 Å². The van der Waals surface area contributed by atoms with Crippen LogP contribution in [0.1, 0.15) is 35.7 Å². The van der Waals surface area contributed by atoms with E-state index in [1.807, 2.05) is 39.0 Å². The SMILES string of the molecule is CCN(CC)C(=O)c1cc(Nc2cc(Cl)ccc2C)nc(C)n1. The lowest BCUT2D eigenvalue weighted by Crippen LogP contribution is -2.31. The van der Waals surface area contributed by atoms with Crippen molar-refractivity contribution in [3.63, 3.8) is 0 Å². The second-order valence-electron chi connectivity index (χ2n) is 5.25. The van der Waals surface area contributed by atoms with Crippen molar-refractivity contribution in [2.45, 2.75) is 27.7 Å². The number of anilines is 2. The maximum atomic E-state index is 12.5. The Balaban J connectivity index is 2.34. The van der Waals surface area contributed by atoms with Crippen LogP contribution in [0, 0.1) is 13.8 Å². The average Bonchev–Trinajstić information content (AvgIpc) is 2.51. The molecule has 1 heterocycles. The minimum Gasteiger partial charge on any atom is -0.340 e. The van der Waals surface area contributed by atoms with Crippen molar-refractivity contribution in [3.8, 4) is 0 Å². The van der Waals surface area contributed by atoms with Gasteiger partial charge >= 0.3 is 0 Å². The van der Waals surface area contributed by atoms with Gasteiger partial charge in [-0.25, -0.2) is 9.97 Å². The third-order valence-corrected chi connectivity index (χ3v) is 3.81. The van der Waals surface area contributed by atoms with Crippen LogP contribution < -0.4 is 5.32 Å². The van der Waals surface area contributed by atoms with Gasteiger partial charge in [0.15, 0.2) is 0 Å². The molecule has 2 rings (SSSR count). The zero-order valence-corrected chi connectivity index (χ0v) is 14.6. The monoisotopic (exact) mass is 332 g/mol. The van der Waals surface area contributed by atoms with Gasteiger partial charge in [-0.3, -0.25) is 4.79 Å². The summed E-state index contributed by atoms with van der Waals surface area (Å²) in [4.78, 5) is 22.8. The van der Waals surface area contributed by atoms with Crippen molar-refractivity contribution >= 4 is 29.0 Å². The summed E-state index contributed by atoms with van der Waals surface area (Å²) in [7, 11) is 0. The van der Waals surface area contributed by atoms with Crippen LogP contribution in [0.5, 0.6) is 0 Å². The van der Waals surface area contributed by atoms with Gasteiger partial charge in [0.1, 0.15) is 17.3 Å². The van der Waals surface area contributed by atoms with Crippen molar-refractivity contribution in [2.24, 2.45) is 0 Å². The zero-order valence-electron chi connectivity index (χ0n) is 13.9. The number of nitrogens with one attached hydrogen (secondary N) is 1. The first-order valence-electron chi connectivity index (χ1n) is 7.62. The number of hydrogen-bond donors (Lipinski definition) is 1. The number of halogens is 1. The summed E-state index contributed by atoms with van der Waals surface area (Å²) >= 11 is 6.04. The van der Waals surface area contributed by atoms with Gasteiger partial charge in [0.2, 0.25) is 0 Å². The number of aryl methyl sites for hydroxylation is 2. The second-order valence-corrected chi connectivity index (χ2v) is 5.68. The molecule has 23 heavy (non-hydrogen) atoms. The maximum Gasteiger partial charge on any atom is 0.272 e. The minimum atomic E-state index is -0.0913. The normalized spacial score (nSPS) is 10.5. The van der Waals surface area contributed by atoms with Gasteiger partial charge in [0.25, 0.3) is 5.91 Å². The Labute approximate surface area is 141 Å². The molecule has 2 aromatic rings. The highest BCUT2D eigenvalue weighted by molar-refractivity contribution is 6.30. The lowest BCUT2D eigenvalue weighted by molar-refractivity contribution is 0.0766. The van der Waals surface area contributed by atoms with Crippen LogP contribution in [0.4, 0.5) is 11.5 Å². The Morgan fingerprint density at radius 2 is 1.87 bits per heavy atom. The van der Waals surface area contributed by atoms with Crippen molar-refractivity contribution in [2.75, 3.05) is 18.4 Å². The number of amides is 1. The largest absolute Gasteiger partial charge is 0.340 e. The highest BCUT2D eigenvalue weighted by atomic mass is 35.5. The Morgan fingerprint density at radius 3 is 2.52 bits per heavy atom. The highest BCUT2D eigenvalue weighted by Crippen LogP contribution is 2.23. The number of hydrogen-bond acceptors (Lipinski definition) is 4. The summed E-state index contributed by atoms with van der Waals surface area (Å²) in [6, 6.07) is 7.28. The minimum absolute atomic E-state index is 0.0913. The van der Waals surface area contributed by atoms with E-state index in [2.05, 4.69) is 15.3 Å². The molecule has 0 atom stereocenters. The third kappa shape index (κ3) is 4.20. The van der Waals surface area contributed by atoms with E-state index in [4.69, 9.17) is 11.6 Å². The number of carbonyl (C=O) groups is 1. The molecule has 122 valence electrons. The molecule has 0 saturated heterocycles. The predicted molar refractivity (Wildman–Crippen MR) is 93.5 cm³/mol. The van der Waals surface area contributed by atoms with Crippen LogP contribution in [0.3, 0.4) is 0 Å². The van der Waals surface area contributed by atoms with Gasteiger partial charge < -0.3 is 10.2 Å². The van der Waals surface area contributed by atoms with E-state index < -0.39 is 0 Å². The summed E-state index contributed by atoms with van der Waals surface area (Å²) in [5.41, 5.74) is 2.29. The standard InChI is InChI=1S/C17H21ClN4O/c1-5-22(6-2)17(23)15-10-16(20-12(4)19-15)21-14-9-13(18)8-7-11(14)3/h7-10H,5-6H2,1-4H3,(H,19,20,21). The van der Waals surface area contributed by atoms with Crippen molar-refractivity contribution in [3.05, 3.63) is 46.4 Å². The van der Waals surface area contributed by atoms with E-state index in [1.165, 1.54) is 0 Å². The first kappa shape index (κ1) is 17.2. The number of benzene rings is 1. The summed E-state index contributed by atoms with van der Waals surface area (Å²) in [6.45, 7) is 8.95. The van der Waals surface area contributed by atoms with Gasteiger partial charge in [-0.15, -0.1) is 0 Å². The molecule has 5 nitrogen and oxygen atoms in total. The fourth-order valence-electron chi connectivity index (χ4n) is 2.28. The molecule has 0 aliphatic heterocycles. The summed E-state index contributed by atoms with van der Waals surface area (Å²) in [6.07, 6.45) is 0. The van der Waals surface area contributed by atoms with Crippen molar-refractivity contribution in [1.82, 2.24) is 14.9 Å². The molecule has 0 aliphatic rings. The fourth-order valence-corrected chi connectivity index (χ4v) is 2.45. The van der Waals surface area contributed by atoms with Crippen LogP contribution in [0.25, 0.3) is 0 Å². The fraction of sp³-hybridized carbons (Fsp3) is 0.353. The van der Waals surface area contributed by atoms with E-state index in [1.54, 1.807) is 17.9 Å². The number of nitrogens with zero attached hydrogens (tertiary/aromatic N) is 3. The van der Waals surface area contributed by atoms with E-state index in [0.717, 1.165) is 11.3 Å². The lowest BCUT2D eigenvalue weighted by Gasteiger charge is -2.18. The Morgan fingerprint density at radius 1 is 1.17 bits per heavy atom. The van der Waals surface area contributed by atoms with E-state index in [-0.39, 0.29) is 5.91 Å². The van der Waals surface area contributed by atoms with Crippen LogP contribution in [0.2, 0.25) is 5.02 Å². The molecular formula is C17H21ClN4O. The first-order valence-corrected chi connectivity index (χ1v) is 8.00. The summed E-state index contributed by atoms with van der Waals surface area (Å²) < 4.78 is 0. The van der Waals surface area contributed by atoms with Gasteiger partial charge in [0, 0.05) is 29.9 Å². The van der Waals surface area contributed by atoms with Gasteiger partial charge in [-0.05, 0) is 45.4 Å². The molecule has 1 N–H and O–H groups in total. The van der Waals surface area contributed by atoms with E-state index >= 15 is 0 Å². The van der Waals surface area contributed by atoms with Crippen molar-refractivity contribution < 1.29 is 4.79 Å². The Bertz CT molecular complexity index is 714. The molecule has 0 spiro atoms. The second kappa shape index (κ2) is 7.42. The Hall–Kier alpha value is -2.14. The van der Waals surface area contributed by atoms with Crippen LogP contribution >= 0.6 is 11.6 Å². The van der Waals surface area contributed by atoms with Crippen molar-refractivity contribution in [1.29, 1.82) is 0 Å². The molecular weight excluding hydrogens is 312 g/mol. The van der Waals surface area contributed by atoms with Crippen LogP contribution in [0.15, 0.2) is 24.3 Å². The van der Waals surface area contributed by atoms with Gasteiger partial charge in [0.05, 0.1) is 0 Å². The average molecular weight is 333 g/mol. The molecule has 0 radical (unpaired) electrons. The number of aromatic nitrogens is 2. The summed E-state index contributed by atoms with van der Waals surface area (Å²) in [5.74, 6) is 1.04. The molecule has 0 fully saturated rings. The topological polar surface area (TPSA) is 58.1 Å². The third-order valence-electron chi connectivity index (χ3n) is 3.57. The molecule has 1 amide bonds. The molecule has 1 aromatic carbocycles.